The Kier molecular flexibility index (Phi) is 4.51. The fourth-order valence-corrected chi connectivity index (χ4v) is 3.24. The number of nitrogens with one attached hydrogen (secondary N) is 1. The molecule has 21 heavy (non-hydrogen) atoms. The summed E-state index contributed by atoms with van der Waals surface area (Å²) in [7, 11) is 2.15. The molecule has 1 aromatic heterocycles. The second-order valence-electron chi connectivity index (χ2n) is 5.96. The molecule has 1 aliphatic rings. The molecule has 1 atom stereocenters. The Hall–Kier alpha value is -1.46. The highest BCUT2D eigenvalue weighted by atomic mass is 32.1. The van der Waals surface area contributed by atoms with Gasteiger partial charge in [0.1, 0.15) is 5.82 Å². The van der Waals surface area contributed by atoms with Gasteiger partial charge in [-0.05, 0) is 32.4 Å². The molecule has 0 spiro atoms. The summed E-state index contributed by atoms with van der Waals surface area (Å²) in [6.45, 7) is 4.14. The summed E-state index contributed by atoms with van der Waals surface area (Å²) in [6, 6.07) is 10.9. The molecule has 3 rings (SSSR count). The lowest BCUT2D eigenvalue weighted by Gasteiger charge is -2.21. The average Bonchev–Trinajstić information content (AvgIpc) is 3.20. The number of rotatable bonds is 7. The lowest BCUT2D eigenvalue weighted by Crippen LogP contribution is -2.31. The fourth-order valence-electron chi connectivity index (χ4n) is 2.48. The van der Waals surface area contributed by atoms with Crippen LogP contribution in [0.4, 0.5) is 5.13 Å². The molecule has 112 valence electrons. The zero-order chi connectivity index (χ0) is 14.7. The quantitative estimate of drug-likeness (QED) is 0.851. The van der Waals surface area contributed by atoms with Crippen LogP contribution in [-0.2, 0) is 6.54 Å². The van der Waals surface area contributed by atoms with Gasteiger partial charge in [0, 0.05) is 36.6 Å². The molecule has 4 nitrogen and oxygen atoms in total. The van der Waals surface area contributed by atoms with Gasteiger partial charge in [-0.2, -0.15) is 4.37 Å². The van der Waals surface area contributed by atoms with Gasteiger partial charge in [-0.3, -0.25) is 0 Å². The van der Waals surface area contributed by atoms with Crippen LogP contribution in [-0.4, -0.2) is 33.9 Å². The van der Waals surface area contributed by atoms with Crippen LogP contribution in [0.1, 0.15) is 37.1 Å². The molecule has 0 bridgehead atoms. The first-order valence-electron chi connectivity index (χ1n) is 7.53. The largest absolute Gasteiger partial charge is 0.357 e. The normalized spacial score (nSPS) is 16.1. The zero-order valence-corrected chi connectivity index (χ0v) is 13.4. The predicted octanol–water partition coefficient (Wildman–Crippen LogP) is 3.35. The third kappa shape index (κ3) is 4.25. The lowest BCUT2D eigenvalue weighted by atomic mass is 10.2. The summed E-state index contributed by atoms with van der Waals surface area (Å²) in [5.41, 5.74) is 1.35. The van der Waals surface area contributed by atoms with Crippen molar-refractivity contribution in [3.63, 3.8) is 0 Å². The van der Waals surface area contributed by atoms with Crippen LogP contribution in [0, 0.1) is 0 Å². The van der Waals surface area contributed by atoms with E-state index in [0.29, 0.717) is 12.0 Å². The van der Waals surface area contributed by atoms with Gasteiger partial charge in [-0.15, -0.1) is 0 Å². The summed E-state index contributed by atoms with van der Waals surface area (Å²) >= 11 is 1.49. The molecule has 0 aliphatic heterocycles. The Morgan fingerprint density at radius 3 is 2.81 bits per heavy atom. The number of aromatic nitrogens is 2. The van der Waals surface area contributed by atoms with Crippen LogP contribution in [0.2, 0.25) is 0 Å². The van der Waals surface area contributed by atoms with Gasteiger partial charge < -0.3 is 10.2 Å². The van der Waals surface area contributed by atoms with Crippen LogP contribution in [0.15, 0.2) is 30.3 Å². The fraction of sp³-hybridized carbons (Fsp3) is 0.500. The Morgan fingerprint density at radius 2 is 2.10 bits per heavy atom. The van der Waals surface area contributed by atoms with Crippen LogP contribution in [0.25, 0.3) is 0 Å². The average molecular weight is 302 g/mol. The standard InChI is InChI=1S/C16H22N4S/c1-12(10-20(2)11-13-6-4-3-5-7-13)17-16-18-15(19-21-16)14-8-9-14/h3-7,12,14H,8-11H2,1-2H3,(H,17,18,19). The molecule has 2 aromatic rings. The molecule has 0 saturated heterocycles. The van der Waals surface area contributed by atoms with Crippen molar-refractivity contribution in [2.75, 3.05) is 18.9 Å². The van der Waals surface area contributed by atoms with Gasteiger partial charge in [-0.25, -0.2) is 4.98 Å². The van der Waals surface area contributed by atoms with E-state index in [1.54, 1.807) is 0 Å². The summed E-state index contributed by atoms with van der Waals surface area (Å²) < 4.78 is 4.43. The highest BCUT2D eigenvalue weighted by Crippen LogP contribution is 2.39. The number of hydrogen-bond acceptors (Lipinski definition) is 5. The van der Waals surface area contributed by atoms with Crippen molar-refractivity contribution < 1.29 is 0 Å². The molecule has 1 heterocycles. The van der Waals surface area contributed by atoms with Crippen LogP contribution >= 0.6 is 11.5 Å². The van der Waals surface area contributed by atoms with Crippen LogP contribution < -0.4 is 5.32 Å². The van der Waals surface area contributed by atoms with Gasteiger partial charge >= 0.3 is 0 Å². The van der Waals surface area contributed by atoms with Crippen molar-refractivity contribution in [2.45, 2.75) is 38.3 Å². The maximum absolute atomic E-state index is 4.58. The van der Waals surface area contributed by atoms with E-state index in [1.165, 1.54) is 29.9 Å². The highest BCUT2D eigenvalue weighted by Gasteiger charge is 2.27. The Labute approximate surface area is 130 Å². The van der Waals surface area contributed by atoms with E-state index in [2.05, 4.69) is 63.9 Å². The third-order valence-corrected chi connectivity index (χ3v) is 4.30. The third-order valence-electron chi connectivity index (χ3n) is 3.63. The van der Waals surface area contributed by atoms with E-state index in [0.717, 1.165) is 24.0 Å². The predicted molar refractivity (Wildman–Crippen MR) is 87.7 cm³/mol. The molecular formula is C16H22N4S. The maximum Gasteiger partial charge on any atom is 0.202 e. The summed E-state index contributed by atoms with van der Waals surface area (Å²) in [4.78, 5) is 6.91. The summed E-state index contributed by atoms with van der Waals surface area (Å²) in [6.07, 6.45) is 2.51. The molecule has 1 fully saturated rings. The van der Waals surface area contributed by atoms with E-state index in [9.17, 15) is 0 Å². The van der Waals surface area contributed by atoms with Crippen LogP contribution in [0.5, 0.6) is 0 Å². The highest BCUT2D eigenvalue weighted by molar-refractivity contribution is 7.09. The SMILES string of the molecule is CC(CN(C)Cc1ccccc1)Nc1nc(C2CC2)ns1. The number of hydrogen-bond donors (Lipinski definition) is 1. The second kappa shape index (κ2) is 6.54. The first-order valence-corrected chi connectivity index (χ1v) is 8.30. The molecule has 5 heteroatoms. The number of nitrogens with zero attached hydrogens (tertiary/aromatic N) is 3. The van der Waals surface area contributed by atoms with Crippen molar-refractivity contribution in [2.24, 2.45) is 0 Å². The van der Waals surface area contributed by atoms with Gasteiger partial charge in [-0.1, -0.05) is 30.3 Å². The number of benzene rings is 1. The number of anilines is 1. The van der Waals surface area contributed by atoms with Crippen molar-refractivity contribution in [1.29, 1.82) is 0 Å². The second-order valence-corrected chi connectivity index (χ2v) is 6.71. The van der Waals surface area contributed by atoms with E-state index >= 15 is 0 Å². The van der Waals surface area contributed by atoms with Crippen molar-refractivity contribution in [3.8, 4) is 0 Å². The van der Waals surface area contributed by atoms with Crippen molar-refractivity contribution in [3.05, 3.63) is 41.7 Å². The molecule has 1 N–H and O–H groups in total. The molecule has 1 unspecified atom stereocenters. The molecular weight excluding hydrogens is 280 g/mol. The van der Waals surface area contributed by atoms with E-state index < -0.39 is 0 Å². The number of likely N-dealkylation sites (N-methyl/N-ethyl adjacent to an activating group) is 1. The monoisotopic (exact) mass is 302 g/mol. The molecule has 1 aliphatic carbocycles. The molecule has 1 aromatic carbocycles. The summed E-state index contributed by atoms with van der Waals surface area (Å²) in [5.74, 6) is 1.67. The minimum atomic E-state index is 0.360. The van der Waals surface area contributed by atoms with E-state index in [1.807, 2.05) is 0 Å². The lowest BCUT2D eigenvalue weighted by molar-refractivity contribution is 0.316. The van der Waals surface area contributed by atoms with Crippen LogP contribution in [0.3, 0.4) is 0 Å². The minimum Gasteiger partial charge on any atom is -0.357 e. The van der Waals surface area contributed by atoms with Crippen molar-refractivity contribution in [1.82, 2.24) is 14.3 Å². The van der Waals surface area contributed by atoms with E-state index in [-0.39, 0.29) is 0 Å². The van der Waals surface area contributed by atoms with Gasteiger partial charge in [0.25, 0.3) is 0 Å². The maximum atomic E-state index is 4.58. The minimum absolute atomic E-state index is 0.360. The van der Waals surface area contributed by atoms with Gasteiger partial charge in [0.05, 0.1) is 0 Å². The Balaban J connectivity index is 1.47. The van der Waals surface area contributed by atoms with E-state index in [4.69, 9.17) is 0 Å². The smallest absolute Gasteiger partial charge is 0.202 e. The first-order chi connectivity index (χ1) is 10.2. The molecule has 1 saturated carbocycles. The first kappa shape index (κ1) is 14.5. The zero-order valence-electron chi connectivity index (χ0n) is 12.6. The Morgan fingerprint density at radius 1 is 1.33 bits per heavy atom. The topological polar surface area (TPSA) is 41.0 Å². The molecule has 0 radical (unpaired) electrons. The van der Waals surface area contributed by atoms with Gasteiger partial charge in [0.15, 0.2) is 0 Å². The van der Waals surface area contributed by atoms with Crippen molar-refractivity contribution >= 4 is 16.7 Å². The van der Waals surface area contributed by atoms with Gasteiger partial charge in [0.2, 0.25) is 5.13 Å². The summed E-state index contributed by atoms with van der Waals surface area (Å²) in [5, 5.41) is 4.42. The Bertz CT molecular complexity index is 565. The molecule has 0 amide bonds.